The van der Waals surface area contributed by atoms with Gasteiger partial charge in [-0.25, -0.2) is 0 Å². The minimum atomic E-state index is 0.176. The summed E-state index contributed by atoms with van der Waals surface area (Å²) in [4.78, 5) is 2.43. The van der Waals surface area contributed by atoms with E-state index in [1.54, 1.807) is 0 Å². The summed E-state index contributed by atoms with van der Waals surface area (Å²) >= 11 is 0. The SMILES string of the molecule is N#Cc1ccc(N2c3ccccc3C3C=CC(n4c5c(c6ccccc64)=CCCC=5)=CC32)cc1. The van der Waals surface area contributed by atoms with Crippen LogP contribution in [0.3, 0.4) is 0 Å². The molecule has 0 bridgehead atoms. The second-order valence-corrected chi connectivity index (χ2v) is 9.19. The molecular weight excluding hydrogens is 414 g/mol. The minimum absolute atomic E-state index is 0.176. The summed E-state index contributed by atoms with van der Waals surface area (Å²) in [5, 5.41) is 13.3. The number of hydrogen-bond acceptors (Lipinski definition) is 2. The summed E-state index contributed by atoms with van der Waals surface area (Å²) in [6.45, 7) is 0. The lowest BCUT2D eigenvalue weighted by atomic mass is 9.90. The average molecular weight is 438 g/mol. The minimum Gasteiger partial charge on any atom is -0.333 e. The Morgan fingerprint density at radius 1 is 0.853 bits per heavy atom. The summed E-state index contributed by atoms with van der Waals surface area (Å²) in [7, 11) is 0. The van der Waals surface area contributed by atoms with E-state index in [0.717, 1.165) is 18.5 Å². The second kappa shape index (κ2) is 7.37. The Morgan fingerprint density at radius 2 is 1.65 bits per heavy atom. The zero-order valence-electron chi connectivity index (χ0n) is 18.7. The zero-order valence-corrected chi connectivity index (χ0v) is 18.7. The molecule has 7 rings (SSSR count). The molecule has 2 unspecified atom stereocenters. The predicted octanol–water partition coefficient (Wildman–Crippen LogP) is 5.58. The van der Waals surface area contributed by atoms with Gasteiger partial charge in [-0.1, -0.05) is 54.6 Å². The van der Waals surface area contributed by atoms with Crippen LogP contribution in [-0.2, 0) is 0 Å². The molecule has 1 aromatic heterocycles. The molecule has 0 radical (unpaired) electrons. The molecule has 162 valence electrons. The van der Waals surface area contributed by atoms with Crippen molar-refractivity contribution in [3.8, 4) is 6.07 Å². The van der Waals surface area contributed by atoms with Crippen LogP contribution < -0.4 is 15.5 Å². The number of hydrogen-bond donors (Lipinski definition) is 0. The number of rotatable bonds is 2. The summed E-state index contributed by atoms with van der Waals surface area (Å²) in [6.07, 6.45) is 14.1. The lowest BCUT2D eigenvalue weighted by molar-refractivity contribution is 0.741. The van der Waals surface area contributed by atoms with Gasteiger partial charge in [0, 0.05) is 38.9 Å². The van der Waals surface area contributed by atoms with Gasteiger partial charge in [0.15, 0.2) is 0 Å². The second-order valence-electron chi connectivity index (χ2n) is 9.19. The third-order valence-corrected chi connectivity index (χ3v) is 7.37. The van der Waals surface area contributed by atoms with Gasteiger partial charge >= 0.3 is 0 Å². The Kier molecular flexibility index (Phi) is 4.16. The van der Waals surface area contributed by atoms with Gasteiger partial charge in [0.1, 0.15) is 0 Å². The van der Waals surface area contributed by atoms with Crippen molar-refractivity contribution in [3.63, 3.8) is 0 Å². The maximum Gasteiger partial charge on any atom is 0.0991 e. The van der Waals surface area contributed by atoms with E-state index >= 15 is 0 Å². The standard InChI is InChI=1S/C31H23N3/c32-20-21-13-15-22(16-14-21)33-28-10-4-3-9-26(28)27-18-17-23(19-31(27)33)34-29-11-5-1-7-24(29)25-8-2-6-12-30(25)34/h1,3-5,7-19,27,31H,2,6H2. The van der Waals surface area contributed by atoms with Gasteiger partial charge in [0.25, 0.3) is 0 Å². The fraction of sp³-hybridized carbons (Fsp3) is 0.129. The number of anilines is 2. The molecule has 0 amide bonds. The normalized spacial score (nSPS) is 20.0. The number of para-hydroxylation sites is 2. The van der Waals surface area contributed by atoms with Crippen LogP contribution in [0.5, 0.6) is 0 Å². The molecule has 2 atom stereocenters. The van der Waals surface area contributed by atoms with E-state index < -0.39 is 0 Å². The van der Waals surface area contributed by atoms with E-state index in [1.165, 1.54) is 38.4 Å². The molecular formula is C31H23N3. The van der Waals surface area contributed by atoms with E-state index in [9.17, 15) is 5.26 Å². The van der Waals surface area contributed by atoms with Crippen LogP contribution in [0, 0.1) is 11.3 Å². The molecule has 0 fully saturated rings. The Labute approximate surface area is 198 Å². The van der Waals surface area contributed by atoms with Gasteiger partial charge < -0.3 is 9.47 Å². The fourth-order valence-corrected chi connectivity index (χ4v) is 5.91. The van der Waals surface area contributed by atoms with E-state index in [1.807, 2.05) is 12.1 Å². The molecule has 3 heteroatoms. The smallest absolute Gasteiger partial charge is 0.0991 e. The summed E-state index contributed by atoms with van der Waals surface area (Å²) in [5.74, 6) is 0.295. The maximum absolute atomic E-state index is 9.27. The van der Waals surface area contributed by atoms with E-state index in [4.69, 9.17) is 0 Å². The monoisotopic (exact) mass is 437 g/mol. The lowest BCUT2D eigenvalue weighted by Gasteiger charge is -2.30. The first-order chi connectivity index (χ1) is 16.8. The number of fused-ring (bicyclic) bond motifs is 6. The predicted molar refractivity (Wildman–Crippen MR) is 139 cm³/mol. The molecule has 3 aliphatic rings. The average Bonchev–Trinajstić information content (AvgIpc) is 3.41. The molecule has 0 saturated carbocycles. The number of nitriles is 1. The molecule has 0 N–H and O–H groups in total. The van der Waals surface area contributed by atoms with Gasteiger partial charge in [-0.15, -0.1) is 0 Å². The maximum atomic E-state index is 9.27. The van der Waals surface area contributed by atoms with Crippen LogP contribution in [0.1, 0.15) is 29.9 Å². The van der Waals surface area contributed by atoms with Gasteiger partial charge in [-0.05, 0) is 67.0 Å². The van der Waals surface area contributed by atoms with Crippen molar-refractivity contribution < 1.29 is 0 Å². The summed E-state index contributed by atoms with van der Waals surface area (Å²) < 4.78 is 2.44. The van der Waals surface area contributed by atoms with Crippen LogP contribution in [0.15, 0.2) is 91.0 Å². The summed E-state index contributed by atoms with van der Waals surface area (Å²) in [6, 6.07) is 27.8. The first-order valence-electron chi connectivity index (χ1n) is 11.9. The number of allylic oxidation sites excluding steroid dienone is 2. The van der Waals surface area contributed by atoms with E-state index in [2.05, 4.69) is 107 Å². The third-order valence-electron chi connectivity index (χ3n) is 7.37. The number of benzene rings is 3. The Morgan fingerprint density at radius 3 is 2.53 bits per heavy atom. The van der Waals surface area contributed by atoms with Crippen LogP contribution >= 0.6 is 0 Å². The van der Waals surface area contributed by atoms with Crippen LogP contribution in [0.25, 0.3) is 28.8 Å². The van der Waals surface area contributed by atoms with Crippen molar-refractivity contribution >= 4 is 40.1 Å². The van der Waals surface area contributed by atoms with E-state index in [0.29, 0.717) is 11.5 Å². The Balaban J connectivity index is 1.43. The van der Waals surface area contributed by atoms with Crippen molar-refractivity contribution in [1.29, 1.82) is 5.26 Å². The van der Waals surface area contributed by atoms with Crippen molar-refractivity contribution in [3.05, 3.63) is 113 Å². The number of aromatic nitrogens is 1. The highest BCUT2D eigenvalue weighted by Crippen LogP contribution is 2.48. The van der Waals surface area contributed by atoms with Crippen molar-refractivity contribution in [2.75, 3.05) is 4.90 Å². The first kappa shape index (κ1) is 19.2. The highest BCUT2D eigenvalue weighted by atomic mass is 15.2. The molecule has 2 aliphatic carbocycles. The Hall–Kier alpha value is -4.29. The van der Waals surface area contributed by atoms with Crippen molar-refractivity contribution in [2.24, 2.45) is 0 Å². The van der Waals surface area contributed by atoms with Gasteiger partial charge in [-0.2, -0.15) is 5.26 Å². The molecule has 1 aliphatic heterocycles. The molecule has 0 saturated heterocycles. The molecule has 34 heavy (non-hydrogen) atoms. The topological polar surface area (TPSA) is 32.0 Å². The molecule has 2 heterocycles. The first-order valence-corrected chi connectivity index (χ1v) is 11.9. The van der Waals surface area contributed by atoms with Gasteiger partial charge in [-0.3, -0.25) is 0 Å². The Bertz CT molecular complexity index is 1680. The molecule has 3 nitrogen and oxygen atoms in total. The quantitative estimate of drug-likeness (QED) is 0.410. The zero-order chi connectivity index (χ0) is 22.6. The van der Waals surface area contributed by atoms with Crippen LogP contribution in [0.2, 0.25) is 0 Å². The molecule has 0 spiro atoms. The highest BCUT2D eigenvalue weighted by Gasteiger charge is 2.38. The van der Waals surface area contributed by atoms with Crippen LogP contribution in [-0.4, -0.2) is 10.6 Å². The molecule has 4 aromatic rings. The van der Waals surface area contributed by atoms with Crippen LogP contribution in [0.4, 0.5) is 11.4 Å². The molecule has 3 aromatic carbocycles. The third kappa shape index (κ3) is 2.69. The van der Waals surface area contributed by atoms with E-state index in [-0.39, 0.29) is 6.04 Å². The number of nitrogens with zero attached hydrogens (tertiary/aromatic N) is 3. The fourth-order valence-electron chi connectivity index (χ4n) is 5.91. The lowest BCUT2D eigenvalue weighted by Crippen LogP contribution is -2.33. The van der Waals surface area contributed by atoms with Crippen molar-refractivity contribution in [1.82, 2.24) is 4.57 Å². The van der Waals surface area contributed by atoms with Gasteiger partial charge in [0.2, 0.25) is 0 Å². The van der Waals surface area contributed by atoms with Gasteiger partial charge in [0.05, 0.1) is 23.2 Å². The largest absolute Gasteiger partial charge is 0.333 e. The summed E-state index contributed by atoms with van der Waals surface area (Å²) in [5.41, 5.74) is 6.87. The van der Waals surface area contributed by atoms with Crippen molar-refractivity contribution in [2.45, 2.75) is 24.8 Å². The highest BCUT2D eigenvalue weighted by molar-refractivity contribution is 5.88.